The van der Waals surface area contributed by atoms with E-state index in [0.29, 0.717) is 5.82 Å². The fourth-order valence-corrected chi connectivity index (χ4v) is 9.86. The number of rotatable bonds is 3. The minimum absolute atomic E-state index is 0.565. The second kappa shape index (κ2) is 11.3. The summed E-state index contributed by atoms with van der Waals surface area (Å²) in [6.45, 7) is 0. The molecule has 1 atom stereocenters. The average Bonchev–Trinajstić information content (AvgIpc) is 3.69. The van der Waals surface area contributed by atoms with Gasteiger partial charge >= 0.3 is 0 Å². The van der Waals surface area contributed by atoms with Crippen molar-refractivity contribution in [3.05, 3.63) is 197 Å². The Kier molecular flexibility index (Phi) is 6.34. The number of hydrogen-bond acceptors (Lipinski definition) is 4. The third-order valence-corrected chi connectivity index (χ3v) is 12.0. The van der Waals surface area contributed by atoms with Crippen LogP contribution in [0.3, 0.4) is 0 Å². The predicted octanol–water partition coefficient (Wildman–Crippen LogP) is 12.1. The molecular formula is C48H29N3S. The lowest BCUT2D eigenvalue weighted by Crippen LogP contribution is -2.30. The summed E-state index contributed by atoms with van der Waals surface area (Å²) >= 11 is 1.90. The maximum Gasteiger partial charge on any atom is 0.160 e. The molecule has 6 aromatic carbocycles. The number of thiophene rings is 1. The van der Waals surface area contributed by atoms with Crippen LogP contribution in [0.1, 0.15) is 33.4 Å². The molecule has 3 nitrogen and oxygen atoms in total. The molecule has 0 bridgehead atoms. The second-order valence-electron chi connectivity index (χ2n) is 13.6. The zero-order valence-corrected chi connectivity index (χ0v) is 28.8. The van der Waals surface area contributed by atoms with Gasteiger partial charge in [-0.2, -0.15) is 0 Å². The molecule has 4 heteroatoms. The third-order valence-electron chi connectivity index (χ3n) is 10.8. The van der Waals surface area contributed by atoms with E-state index in [1.54, 1.807) is 6.20 Å². The van der Waals surface area contributed by atoms with Gasteiger partial charge in [0, 0.05) is 54.8 Å². The van der Waals surface area contributed by atoms with Crippen LogP contribution in [0.5, 0.6) is 0 Å². The number of pyridine rings is 1. The van der Waals surface area contributed by atoms with Crippen molar-refractivity contribution < 1.29 is 0 Å². The van der Waals surface area contributed by atoms with Crippen LogP contribution in [0.25, 0.3) is 77.4 Å². The van der Waals surface area contributed by atoms with Gasteiger partial charge in [0.05, 0.1) is 16.8 Å². The van der Waals surface area contributed by atoms with Crippen molar-refractivity contribution in [2.45, 2.75) is 5.41 Å². The van der Waals surface area contributed by atoms with E-state index in [0.717, 1.165) is 28.1 Å². The maximum absolute atomic E-state index is 5.24. The molecule has 52 heavy (non-hydrogen) atoms. The van der Waals surface area contributed by atoms with E-state index in [2.05, 4.69) is 157 Å². The highest BCUT2D eigenvalue weighted by Crippen LogP contribution is 2.61. The molecule has 1 unspecified atom stereocenters. The number of fused-ring (bicyclic) bond motifs is 13. The van der Waals surface area contributed by atoms with Gasteiger partial charge in [0.1, 0.15) is 0 Å². The van der Waals surface area contributed by atoms with E-state index in [1.165, 1.54) is 64.7 Å². The first-order chi connectivity index (χ1) is 25.8. The van der Waals surface area contributed by atoms with Gasteiger partial charge in [-0.15, -0.1) is 11.3 Å². The molecule has 0 saturated carbocycles. The van der Waals surface area contributed by atoms with Crippen molar-refractivity contribution >= 4 is 43.7 Å². The Balaban J connectivity index is 1.23. The topological polar surface area (TPSA) is 38.7 Å². The highest BCUT2D eigenvalue weighted by Gasteiger charge is 2.49. The van der Waals surface area contributed by atoms with Gasteiger partial charge in [-0.25, -0.2) is 9.97 Å². The number of aromatic nitrogens is 3. The van der Waals surface area contributed by atoms with Crippen molar-refractivity contribution in [2.75, 3.05) is 0 Å². The van der Waals surface area contributed by atoms with Gasteiger partial charge < -0.3 is 0 Å². The van der Waals surface area contributed by atoms with Gasteiger partial charge in [-0.3, -0.25) is 4.98 Å². The number of nitrogens with zero attached hydrogens (tertiary/aromatic N) is 3. The van der Waals surface area contributed by atoms with Gasteiger partial charge in [0.2, 0.25) is 0 Å². The van der Waals surface area contributed by atoms with Crippen LogP contribution in [0.2, 0.25) is 0 Å². The number of benzene rings is 6. The van der Waals surface area contributed by atoms with Gasteiger partial charge in [0.25, 0.3) is 0 Å². The summed E-state index contributed by atoms with van der Waals surface area (Å²) in [6.07, 6.45) is 8.24. The lowest BCUT2D eigenvalue weighted by Gasteiger charge is -2.35. The summed E-state index contributed by atoms with van der Waals surface area (Å²) in [4.78, 5) is 14.9. The summed E-state index contributed by atoms with van der Waals surface area (Å²) in [7, 11) is 0. The standard InChI is InChI=1S/C48H29N3S/c1-2-12-32(13-3-1)42-28-43(34-14-10-26-49-29-34)51-47(50-42)33-23-22-31-21-20-30-11-4-7-17-38(30)48(41(31)27-33)39-18-8-5-16-37(39)45-40(48)25-24-36-35-15-6-9-19-44(35)52-46(36)45/h1-29H. The van der Waals surface area contributed by atoms with Crippen LogP contribution < -0.4 is 0 Å². The Morgan fingerprint density at radius 2 is 1.21 bits per heavy atom. The van der Waals surface area contributed by atoms with Crippen LogP contribution in [0, 0.1) is 0 Å². The summed E-state index contributed by atoms with van der Waals surface area (Å²) in [6, 6.07) is 54.8. The summed E-state index contributed by atoms with van der Waals surface area (Å²) in [5, 5.41) is 2.63. The minimum Gasteiger partial charge on any atom is -0.264 e. The highest BCUT2D eigenvalue weighted by atomic mass is 32.1. The predicted molar refractivity (Wildman–Crippen MR) is 215 cm³/mol. The van der Waals surface area contributed by atoms with E-state index in [-0.39, 0.29) is 0 Å². The second-order valence-corrected chi connectivity index (χ2v) is 14.6. The van der Waals surface area contributed by atoms with Crippen molar-refractivity contribution in [3.63, 3.8) is 0 Å². The van der Waals surface area contributed by atoms with Gasteiger partial charge in [-0.1, -0.05) is 133 Å². The Labute approximate surface area is 305 Å². The molecule has 2 aliphatic carbocycles. The molecule has 0 fully saturated rings. The van der Waals surface area contributed by atoms with Gasteiger partial charge in [0.15, 0.2) is 5.82 Å². The molecule has 3 aromatic heterocycles. The smallest absolute Gasteiger partial charge is 0.160 e. The molecular weight excluding hydrogens is 651 g/mol. The minimum atomic E-state index is -0.565. The molecule has 9 aromatic rings. The first-order valence-electron chi connectivity index (χ1n) is 17.6. The molecule has 242 valence electrons. The molecule has 0 radical (unpaired) electrons. The van der Waals surface area contributed by atoms with Crippen LogP contribution in [0.15, 0.2) is 164 Å². The summed E-state index contributed by atoms with van der Waals surface area (Å²) in [5.74, 6) is 0.686. The SMILES string of the molecule is C1=Cc2ccc(-c3nc(-c4ccccc4)cc(-c4cccnc4)n3)cc2C2(c3ccccc31)c1ccccc1-c1c2ccc2c1sc1ccccc12. The van der Waals surface area contributed by atoms with Crippen LogP contribution in [-0.4, -0.2) is 15.0 Å². The quantitative estimate of drug-likeness (QED) is 0.187. The molecule has 0 N–H and O–H groups in total. The van der Waals surface area contributed by atoms with Crippen LogP contribution in [0.4, 0.5) is 0 Å². The highest BCUT2D eigenvalue weighted by molar-refractivity contribution is 7.26. The fraction of sp³-hybridized carbons (Fsp3) is 0.0208. The zero-order chi connectivity index (χ0) is 34.2. The average molecular weight is 680 g/mol. The monoisotopic (exact) mass is 679 g/mol. The number of hydrogen-bond donors (Lipinski definition) is 0. The lowest BCUT2D eigenvalue weighted by molar-refractivity contribution is 0.767. The van der Waals surface area contributed by atoms with E-state index in [9.17, 15) is 0 Å². The molecule has 0 amide bonds. The zero-order valence-electron chi connectivity index (χ0n) is 28.0. The third kappa shape index (κ3) is 4.16. The van der Waals surface area contributed by atoms with Crippen molar-refractivity contribution in [1.29, 1.82) is 0 Å². The first-order valence-corrected chi connectivity index (χ1v) is 18.4. The first kappa shape index (κ1) is 29.3. The Morgan fingerprint density at radius 1 is 0.481 bits per heavy atom. The fourth-order valence-electron chi connectivity index (χ4n) is 8.59. The van der Waals surface area contributed by atoms with Crippen molar-refractivity contribution in [3.8, 4) is 45.0 Å². The molecule has 2 aliphatic rings. The Hall–Kier alpha value is -6.49. The maximum atomic E-state index is 5.24. The van der Waals surface area contributed by atoms with E-state index < -0.39 is 5.41 Å². The summed E-state index contributed by atoms with van der Waals surface area (Å²) < 4.78 is 2.66. The van der Waals surface area contributed by atoms with E-state index >= 15 is 0 Å². The Bertz CT molecular complexity index is 2850. The van der Waals surface area contributed by atoms with Crippen molar-refractivity contribution in [1.82, 2.24) is 15.0 Å². The molecule has 0 saturated heterocycles. The van der Waals surface area contributed by atoms with E-state index in [1.807, 2.05) is 29.7 Å². The van der Waals surface area contributed by atoms with Crippen molar-refractivity contribution in [2.24, 2.45) is 0 Å². The normalized spacial score (nSPS) is 15.3. The molecule has 3 heterocycles. The molecule has 1 spiro atoms. The molecule has 0 aliphatic heterocycles. The largest absolute Gasteiger partial charge is 0.264 e. The Morgan fingerprint density at radius 3 is 2.08 bits per heavy atom. The van der Waals surface area contributed by atoms with Crippen LogP contribution in [-0.2, 0) is 5.41 Å². The summed E-state index contributed by atoms with van der Waals surface area (Å²) in [5.41, 5.74) is 14.3. The van der Waals surface area contributed by atoms with Crippen LogP contribution >= 0.6 is 11.3 Å². The lowest BCUT2D eigenvalue weighted by atomic mass is 9.65. The van der Waals surface area contributed by atoms with E-state index in [4.69, 9.17) is 9.97 Å². The molecule has 11 rings (SSSR count). The van der Waals surface area contributed by atoms with Gasteiger partial charge in [-0.05, 0) is 69.3 Å².